The van der Waals surface area contributed by atoms with Crippen molar-refractivity contribution in [3.8, 4) is 5.75 Å². The zero-order valence-electron chi connectivity index (χ0n) is 14.8. The predicted octanol–water partition coefficient (Wildman–Crippen LogP) is 3.96. The third-order valence-corrected chi connectivity index (χ3v) is 6.18. The van der Waals surface area contributed by atoms with E-state index in [1.807, 2.05) is 6.92 Å². The number of aryl methyl sites for hydroxylation is 1. The fourth-order valence-electron chi connectivity index (χ4n) is 2.23. The lowest BCUT2D eigenvalue weighted by Crippen LogP contribution is -2.23. The van der Waals surface area contributed by atoms with Gasteiger partial charge in [-0.1, -0.05) is 0 Å². The number of amides is 1. The number of hydrogen-bond donors (Lipinski definition) is 1. The van der Waals surface area contributed by atoms with Gasteiger partial charge < -0.3 is 10.1 Å². The van der Waals surface area contributed by atoms with Crippen LogP contribution in [0.1, 0.15) is 27.4 Å². The molecule has 0 aliphatic carbocycles. The number of nitrogens with one attached hydrogen (secondary N) is 1. The van der Waals surface area contributed by atoms with E-state index in [4.69, 9.17) is 4.74 Å². The van der Waals surface area contributed by atoms with Gasteiger partial charge in [0, 0.05) is 17.7 Å². The van der Waals surface area contributed by atoms with Crippen LogP contribution in [0.3, 0.4) is 0 Å². The van der Waals surface area contributed by atoms with Gasteiger partial charge in [-0.2, -0.15) is 13.2 Å². The molecular weight excluding hydrogens is 419 g/mol. The minimum absolute atomic E-state index is 0.0188. The first kappa shape index (κ1) is 21.9. The maximum atomic E-state index is 12.7. The number of carbonyl (C=O) groups excluding carboxylic acids is 2. The highest BCUT2D eigenvalue weighted by Crippen LogP contribution is 2.34. The molecule has 0 bridgehead atoms. The fraction of sp³-hybridized carbons (Fsp3) is 0.294. The Kier molecular flexibility index (Phi) is 6.50. The van der Waals surface area contributed by atoms with Crippen molar-refractivity contribution in [2.45, 2.75) is 30.2 Å². The normalized spacial score (nSPS) is 11.9. The van der Waals surface area contributed by atoms with E-state index in [0.717, 1.165) is 17.0 Å². The summed E-state index contributed by atoms with van der Waals surface area (Å²) in [6, 6.07) is 5.84. The Morgan fingerprint density at radius 1 is 1.14 bits per heavy atom. The lowest BCUT2D eigenvalue weighted by atomic mass is 10.2. The number of hydrogen-bond acceptors (Lipinski definition) is 6. The van der Waals surface area contributed by atoms with Crippen LogP contribution in [0.4, 0.5) is 18.9 Å². The van der Waals surface area contributed by atoms with Gasteiger partial charge >= 0.3 is 5.51 Å². The summed E-state index contributed by atoms with van der Waals surface area (Å²) in [6.07, 6.45) is -0.330. The molecule has 0 saturated heterocycles. The first-order chi connectivity index (χ1) is 13.0. The van der Waals surface area contributed by atoms with Gasteiger partial charge in [0.1, 0.15) is 5.75 Å². The van der Waals surface area contributed by atoms with E-state index in [1.54, 1.807) is 12.1 Å². The molecule has 0 aliphatic heterocycles. The highest BCUT2D eigenvalue weighted by molar-refractivity contribution is 7.92. The van der Waals surface area contributed by atoms with Gasteiger partial charge in [0.25, 0.3) is 9.84 Å². The Labute approximate surface area is 163 Å². The summed E-state index contributed by atoms with van der Waals surface area (Å²) in [5.74, 6) is -0.926. The van der Waals surface area contributed by atoms with Gasteiger partial charge in [-0.3, -0.25) is 9.59 Å². The summed E-state index contributed by atoms with van der Waals surface area (Å²) >= 11 is 1.29. The smallest absolute Gasteiger partial charge is 0.495 e. The molecule has 11 heteroatoms. The molecule has 0 fully saturated rings. The van der Waals surface area contributed by atoms with E-state index in [0.29, 0.717) is 10.9 Å². The molecule has 152 valence electrons. The molecule has 0 spiro atoms. The topological polar surface area (TPSA) is 89.5 Å². The van der Waals surface area contributed by atoms with Gasteiger partial charge in [-0.05, 0) is 37.3 Å². The molecule has 1 aromatic heterocycles. The number of rotatable bonds is 7. The molecule has 0 aliphatic rings. The van der Waals surface area contributed by atoms with E-state index in [-0.39, 0.29) is 30.1 Å². The highest BCUT2D eigenvalue weighted by atomic mass is 32.2. The van der Waals surface area contributed by atoms with E-state index in [2.05, 4.69) is 5.32 Å². The summed E-state index contributed by atoms with van der Waals surface area (Å²) in [6.45, 7) is 1.84. The van der Waals surface area contributed by atoms with Crippen molar-refractivity contribution in [3.63, 3.8) is 0 Å². The largest absolute Gasteiger partial charge is 0.501 e. The molecule has 1 aromatic carbocycles. The summed E-state index contributed by atoms with van der Waals surface area (Å²) in [5, 5.41) is 2.29. The number of Topliss-reactive ketones (excluding diaryl/α,β-unsaturated/α-hetero) is 1. The van der Waals surface area contributed by atoms with Crippen molar-refractivity contribution in [3.05, 3.63) is 40.1 Å². The van der Waals surface area contributed by atoms with Crippen LogP contribution in [0, 0.1) is 6.92 Å². The van der Waals surface area contributed by atoms with Gasteiger partial charge in [0.2, 0.25) is 5.91 Å². The lowest BCUT2D eigenvalue weighted by molar-refractivity contribution is -0.116. The zero-order chi connectivity index (χ0) is 21.1. The van der Waals surface area contributed by atoms with Gasteiger partial charge in [-0.15, -0.1) is 11.3 Å². The Morgan fingerprint density at radius 3 is 2.36 bits per heavy atom. The molecule has 2 rings (SSSR count). The lowest BCUT2D eigenvalue weighted by Gasteiger charge is -2.13. The number of anilines is 1. The molecule has 28 heavy (non-hydrogen) atoms. The molecule has 1 N–H and O–H groups in total. The van der Waals surface area contributed by atoms with Crippen LogP contribution in [-0.2, 0) is 14.6 Å². The number of sulfone groups is 1. The fourth-order valence-corrected chi connectivity index (χ4v) is 3.86. The summed E-state index contributed by atoms with van der Waals surface area (Å²) in [5.41, 5.74) is -5.72. The monoisotopic (exact) mass is 435 g/mol. The molecule has 0 radical (unpaired) electrons. The molecule has 1 amide bonds. The second-order valence-corrected chi connectivity index (χ2v) is 8.92. The van der Waals surface area contributed by atoms with Gasteiger partial charge in [0.15, 0.2) is 5.78 Å². The SMILES string of the molecule is COc1ccc(S(=O)(=O)C(F)(F)F)cc1NC(=O)CCC(=O)c1ccc(C)s1. The van der Waals surface area contributed by atoms with E-state index in [9.17, 15) is 31.2 Å². The molecular formula is C17H16F3NO5S2. The van der Waals surface area contributed by atoms with E-state index < -0.39 is 26.1 Å². The first-order valence-corrected chi connectivity index (χ1v) is 10.1. The third kappa shape index (κ3) is 4.90. The standard InChI is InChI=1S/C17H16F3NO5S2/c1-10-3-7-15(27-10)13(22)5-8-16(23)21-12-9-11(4-6-14(12)26-2)28(24,25)17(18,19)20/h3-4,6-7,9H,5,8H2,1-2H3,(H,21,23). The number of ketones is 1. The van der Waals surface area contributed by atoms with Crippen molar-refractivity contribution in [1.82, 2.24) is 0 Å². The first-order valence-electron chi connectivity index (χ1n) is 7.84. The van der Waals surface area contributed by atoms with Crippen LogP contribution < -0.4 is 10.1 Å². The van der Waals surface area contributed by atoms with Crippen LogP contribution in [0.2, 0.25) is 0 Å². The van der Waals surface area contributed by atoms with Crippen molar-refractivity contribution in [2.24, 2.45) is 0 Å². The molecule has 0 unspecified atom stereocenters. The number of thiophene rings is 1. The average Bonchev–Trinajstić information content (AvgIpc) is 3.05. The minimum Gasteiger partial charge on any atom is -0.495 e. The number of alkyl halides is 3. The summed E-state index contributed by atoms with van der Waals surface area (Å²) in [4.78, 5) is 24.5. The summed E-state index contributed by atoms with van der Waals surface area (Å²) < 4.78 is 66.2. The van der Waals surface area contributed by atoms with Crippen molar-refractivity contribution in [1.29, 1.82) is 0 Å². The Bertz CT molecular complexity index is 996. The Hall–Kier alpha value is -2.40. The second kappa shape index (κ2) is 8.31. The van der Waals surface area contributed by atoms with Crippen LogP contribution in [0.25, 0.3) is 0 Å². The van der Waals surface area contributed by atoms with E-state index in [1.165, 1.54) is 18.4 Å². The molecule has 0 saturated carbocycles. The Balaban J connectivity index is 2.14. The maximum absolute atomic E-state index is 12.7. The molecule has 0 atom stereocenters. The third-order valence-electron chi connectivity index (χ3n) is 3.65. The van der Waals surface area contributed by atoms with Crippen LogP contribution in [0.15, 0.2) is 35.2 Å². The molecule has 2 aromatic rings. The van der Waals surface area contributed by atoms with Crippen LogP contribution >= 0.6 is 11.3 Å². The second-order valence-electron chi connectivity index (χ2n) is 5.69. The number of methoxy groups -OCH3 is 1. The predicted molar refractivity (Wildman–Crippen MR) is 97.5 cm³/mol. The quantitative estimate of drug-likeness (QED) is 0.665. The van der Waals surface area contributed by atoms with Gasteiger partial charge in [0.05, 0.1) is 22.6 Å². The number of halogens is 3. The van der Waals surface area contributed by atoms with Crippen molar-refractivity contribution >= 4 is 38.6 Å². The minimum atomic E-state index is -5.58. The van der Waals surface area contributed by atoms with Crippen molar-refractivity contribution in [2.75, 3.05) is 12.4 Å². The molecule has 6 nitrogen and oxygen atoms in total. The van der Waals surface area contributed by atoms with Crippen molar-refractivity contribution < 1.29 is 35.9 Å². The summed E-state index contributed by atoms with van der Waals surface area (Å²) in [7, 11) is -4.36. The van der Waals surface area contributed by atoms with E-state index >= 15 is 0 Å². The van der Waals surface area contributed by atoms with Gasteiger partial charge in [-0.25, -0.2) is 8.42 Å². The van der Waals surface area contributed by atoms with Crippen LogP contribution in [-0.4, -0.2) is 32.7 Å². The zero-order valence-corrected chi connectivity index (χ0v) is 16.4. The average molecular weight is 435 g/mol. The highest BCUT2D eigenvalue weighted by Gasteiger charge is 2.47. The molecule has 1 heterocycles. The number of carbonyl (C=O) groups is 2. The van der Waals surface area contributed by atoms with Crippen LogP contribution in [0.5, 0.6) is 5.75 Å². The number of benzene rings is 1. The maximum Gasteiger partial charge on any atom is 0.501 e. The Morgan fingerprint density at radius 2 is 1.82 bits per heavy atom. The number of ether oxygens (including phenoxy) is 1.